The Bertz CT molecular complexity index is 1090. The minimum Gasteiger partial charge on any atom is -0.459 e. The Morgan fingerprint density at radius 3 is 2.46 bits per heavy atom. The van der Waals surface area contributed by atoms with E-state index in [0.717, 1.165) is 6.42 Å². The molecule has 8 heteroatoms. The van der Waals surface area contributed by atoms with Crippen LogP contribution in [-0.4, -0.2) is 46.1 Å². The standard InChI is InChI=1S/C27H34O8/c1-13-8-15(32-22(13)29)9-14(2)27-25(5,12-20(28)33-27)19-11-26(31)10-16-17(24(3,4)35-23(16)30)6-7-18(26)21(19)34-27/h8-9,14,16-19,21,31H,6-7,10-12H2,1-5H3/b15-9-/t14-,16+,17-,18-,19+,21-,25-,26-,27+/m1/s1. The van der Waals surface area contributed by atoms with Crippen LogP contribution in [0.5, 0.6) is 0 Å². The van der Waals surface area contributed by atoms with Crippen molar-refractivity contribution in [1.29, 1.82) is 0 Å². The van der Waals surface area contributed by atoms with Crippen LogP contribution in [0.3, 0.4) is 0 Å². The lowest BCUT2D eigenvalue weighted by Gasteiger charge is -2.41. The minimum atomic E-state index is -1.20. The van der Waals surface area contributed by atoms with Gasteiger partial charge in [-0.1, -0.05) is 13.8 Å². The molecule has 0 spiro atoms. The van der Waals surface area contributed by atoms with Gasteiger partial charge in [-0.05, 0) is 58.6 Å². The first-order valence-electron chi connectivity index (χ1n) is 12.8. The summed E-state index contributed by atoms with van der Waals surface area (Å²) in [6.07, 6.45) is 5.68. The molecule has 6 rings (SSSR count). The second-order valence-corrected chi connectivity index (χ2v) is 12.4. The van der Waals surface area contributed by atoms with Gasteiger partial charge in [0.15, 0.2) is 0 Å². The van der Waals surface area contributed by atoms with Crippen molar-refractivity contribution >= 4 is 17.9 Å². The van der Waals surface area contributed by atoms with Gasteiger partial charge in [0.2, 0.25) is 5.79 Å². The molecule has 3 saturated heterocycles. The summed E-state index contributed by atoms with van der Waals surface area (Å²) in [6, 6.07) is 0. The highest BCUT2D eigenvalue weighted by Crippen LogP contribution is 2.69. The fraction of sp³-hybridized carbons (Fsp3) is 0.741. The number of ether oxygens (including phenoxy) is 4. The maximum Gasteiger partial charge on any atom is 0.339 e. The number of fused-ring (bicyclic) bond motifs is 6. The van der Waals surface area contributed by atoms with E-state index in [1.165, 1.54) is 0 Å². The van der Waals surface area contributed by atoms with Gasteiger partial charge in [-0.2, -0.15) is 0 Å². The molecule has 4 heterocycles. The molecule has 2 saturated carbocycles. The van der Waals surface area contributed by atoms with Gasteiger partial charge in [0.25, 0.3) is 0 Å². The first kappa shape index (κ1) is 23.2. The van der Waals surface area contributed by atoms with Crippen LogP contribution in [0.25, 0.3) is 0 Å². The van der Waals surface area contributed by atoms with Crippen LogP contribution in [0.1, 0.15) is 66.7 Å². The van der Waals surface area contributed by atoms with Gasteiger partial charge in [-0.25, -0.2) is 4.79 Å². The third kappa shape index (κ3) is 2.95. The Balaban J connectivity index is 1.34. The van der Waals surface area contributed by atoms with E-state index in [4.69, 9.17) is 18.9 Å². The summed E-state index contributed by atoms with van der Waals surface area (Å²) < 4.78 is 23.8. The summed E-state index contributed by atoms with van der Waals surface area (Å²) in [7, 11) is 0. The van der Waals surface area contributed by atoms with Crippen molar-refractivity contribution in [2.45, 2.75) is 89.8 Å². The van der Waals surface area contributed by atoms with E-state index < -0.39 is 22.4 Å². The summed E-state index contributed by atoms with van der Waals surface area (Å²) >= 11 is 0. The lowest BCUT2D eigenvalue weighted by Crippen LogP contribution is -2.50. The normalized spacial score (nSPS) is 49.4. The van der Waals surface area contributed by atoms with Crippen molar-refractivity contribution in [1.82, 2.24) is 0 Å². The number of cyclic esters (lactones) is 2. The summed E-state index contributed by atoms with van der Waals surface area (Å²) in [5, 5.41) is 12.0. The molecule has 35 heavy (non-hydrogen) atoms. The van der Waals surface area contributed by atoms with E-state index in [9.17, 15) is 19.5 Å². The molecule has 0 aromatic carbocycles. The van der Waals surface area contributed by atoms with E-state index in [0.29, 0.717) is 30.6 Å². The molecule has 0 unspecified atom stereocenters. The number of aliphatic hydroxyl groups is 1. The topological polar surface area (TPSA) is 108 Å². The lowest BCUT2D eigenvalue weighted by molar-refractivity contribution is -0.257. The average Bonchev–Trinajstić information content (AvgIpc) is 3.38. The SMILES string of the molecule is CC1=C/C(=C/[C@@H](C)[C@@]23OC(=O)C[C@]2(C)[C@H]2C[C@]4(O)C[C@@H]5C(=O)OC(C)(C)[C@@H]5CC[C@@H]4[C@H]2O3)OC1=O. The van der Waals surface area contributed by atoms with Crippen molar-refractivity contribution in [2.75, 3.05) is 0 Å². The van der Waals surface area contributed by atoms with Gasteiger partial charge in [0, 0.05) is 34.7 Å². The third-order valence-electron chi connectivity index (χ3n) is 10.1. The van der Waals surface area contributed by atoms with Gasteiger partial charge in [-0.3, -0.25) is 9.59 Å². The largest absolute Gasteiger partial charge is 0.459 e. The molecule has 6 aliphatic rings. The Kier molecular flexibility index (Phi) is 4.63. The first-order chi connectivity index (χ1) is 16.3. The highest BCUT2D eigenvalue weighted by molar-refractivity contribution is 5.92. The zero-order valence-corrected chi connectivity index (χ0v) is 21.0. The fourth-order valence-corrected chi connectivity index (χ4v) is 8.37. The molecule has 0 amide bonds. The molecule has 4 aliphatic heterocycles. The van der Waals surface area contributed by atoms with E-state index in [-0.39, 0.29) is 60.0 Å². The molecule has 2 aliphatic carbocycles. The monoisotopic (exact) mass is 486 g/mol. The maximum atomic E-state index is 12.7. The number of rotatable bonds is 2. The molecule has 1 N–H and O–H groups in total. The molecule has 0 aromatic rings. The van der Waals surface area contributed by atoms with Gasteiger partial charge in [0.1, 0.15) is 11.4 Å². The van der Waals surface area contributed by atoms with Gasteiger partial charge < -0.3 is 24.1 Å². The first-order valence-corrected chi connectivity index (χ1v) is 12.8. The number of hydrogen-bond donors (Lipinski definition) is 1. The minimum absolute atomic E-state index is 0.0575. The van der Waals surface area contributed by atoms with Crippen LogP contribution in [0, 0.1) is 35.0 Å². The highest BCUT2D eigenvalue weighted by atomic mass is 16.7. The molecular weight excluding hydrogens is 452 g/mol. The average molecular weight is 487 g/mol. The number of carbonyl (C=O) groups excluding carboxylic acids is 3. The Labute approximate surface area is 205 Å². The van der Waals surface area contributed by atoms with Crippen LogP contribution < -0.4 is 0 Å². The predicted octanol–water partition coefficient (Wildman–Crippen LogP) is 3.18. The molecule has 0 bridgehead atoms. The smallest absolute Gasteiger partial charge is 0.339 e. The third-order valence-corrected chi connectivity index (χ3v) is 10.1. The maximum absolute atomic E-state index is 12.7. The van der Waals surface area contributed by atoms with Crippen molar-refractivity contribution in [3.8, 4) is 0 Å². The highest BCUT2D eigenvalue weighted by Gasteiger charge is 2.77. The van der Waals surface area contributed by atoms with Crippen molar-refractivity contribution in [3.63, 3.8) is 0 Å². The van der Waals surface area contributed by atoms with E-state index >= 15 is 0 Å². The van der Waals surface area contributed by atoms with Crippen LogP contribution in [-0.2, 0) is 33.3 Å². The van der Waals surface area contributed by atoms with Crippen LogP contribution in [0.15, 0.2) is 23.5 Å². The molecule has 190 valence electrons. The van der Waals surface area contributed by atoms with E-state index in [1.807, 2.05) is 27.7 Å². The van der Waals surface area contributed by atoms with Gasteiger partial charge in [-0.15, -0.1) is 0 Å². The second kappa shape index (κ2) is 6.97. The molecule has 0 aromatic heterocycles. The lowest BCUT2D eigenvalue weighted by atomic mass is 9.66. The Hall–Kier alpha value is -2.19. The van der Waals surface area contributed by atoms with Crippen LogP contribution >= 0.6 is 0 Å². The second-order valence-electron chi connectivity index (χ2n) is 12.4. The zero-order valence-electron chi connectivity index (χ0n) is 21.0. The summed E-state index contributed by atoms with van der Waals surface area (Å²) in [5.74, 6) is -2.61. The quantitative estimate of drug-likeness (QED) is 0.468. The van der Waals surface area contributed by atoms with Gasteiger partial charge in [0.05, 0.1) is 24.0 Å². The Morgan fingerprint density at radius 2 is 1.77 bits per heavy atom. The van der Waals surface area contributed by atoms with E-state index in [1.54, 1.807) is 19.1 Å². The van der Waals surface area contributed by atoms with E-state index in [2.05, 4.69) is 0 Å². The fourth-order valence-electron chi connectivity index (χ4n) is 8.37. The molecular formula is C27H34O8. The van der Waals surface area contributed by atoms with Crippen LogP contribution in [0.4, 0.5) is 0 Å². The van der Waals surface area contributed by atoms with Crippen molar-refractivity contribution < 1.29 is 38.4 Å². The number of carbonyl (C=O) groups is 3. The number of allylic oxidation sites excluding steroid dienone is 1. The summed E-state index contributed by atoms with van der Waals surface area (Å²) in [4.78, 5) is 37.2. The molecule has 9 atom stereocenters. The molecule has 5 fully saturated rings. The number of hydrogen-bond acceptors (Lipinski definition) is 8. The van der Waals surface area contributed by atoms with Crippen molar-refractivity contribution in [3.05, 3.63) is 23.5 Å². The van der Waals surface area contributed by atoms with Crippen LogP contribution in [0.2, 0.25) is 0 Å². The van der Waals surface area contributed by atoms with Crippen molar-refractivity contribution in [2.24, 2.45) is 35.0 Å². The molecule has 8 nitrogen and oxygen atoms in total. The zero-order chi connectivity index (χ0) is 25.1. The predicted molar refractivity (Wildman–Crippen MR) is 121 cm³/mol. The summed E-state index contributed by atoms with van der Waals surface area (Å²) in [6.45, 7) is 9.54. The van der Waals surface area contributed by atoms with Gasteiger partial charge >= 0.3 is 17.9 Å². The molecule has 0 radical (unpaired) electrons. The number of esters is 3. The summed E-state index contributed by atoms with van der Waals surface area (Å²) in [5.41, 5.74) is -1.75. The Morgan fingerprint density at radius 1 is 1.06 bits per heavy atom.